The van der Waals surface area contributed by atoms with Gasteiger partial charge in [-0.05, 0) is 0 Å². The van der Waals surface area contributed by atoms with Crippen molar-refractivity contribution in [3.63, 3.8) is 0 Å². The Balaban J connectivity index is 1.95. The maximum absolute atomic E-state index is 11.8. The van der Waals surface area contributed by atoms with Gasteiger partial charge in [-0.15, -0.1) is 0 Å². The van der Waals surface area contributed by atoms with Crippen LogP contribution < -0.4 is 3.07 Å². The van der Waals surface area contributed by atoms with E-state index in [9.17, 15) is 4.79 Å². The molecule has 2 aromatic rings. The first-order valence-electron chi connectivity index (χ1n) is 5.12. The second-order valence-corrected chi connectivity index (χ2v) is 14.3. The molecule has 0 aliphatic carbocycles. The van der Waals surface area contributed by atoms with E-state index in [1.807, 2.05) is 48.5 Å². The van der Waals surface area contributed by atoms with E-state index in [1.54, 1.807) is 8.24 Å². The van der Waals surface area contributed by atoms with E-state index in [1.165, 1.54) is 3.07 Å². The van der Waals surface area contributed by atoms with Gasteiger partial charge in [0, 0.05) is 0 Å². The normalized spacial score (nSPS) is 9.50. The first-order chi connectivity index (χ1) is 7.86. The molecular formula is C13H10HgOS. The Labute approximate surface area is 110 Å². The van der Waals surface area contributed by atoms with E-state index in [4.69, 9.17) is 0 Å². The van der Waals surface area contributed by atoms with Crippen molar-refractivity contribution in [2.24, 2.45) is 0 Å². The monoisotopic (exact) mass is 416 g/mol. The van der Waals surface area contributed by atoms with Crippen molar-refractivity contribution in [2.75, 3.05) is 0 Å². The van der Waals surface area contributed by atoms with Crippen molar-refractivity contribution >= 4 is 16.4 Å². The summed E-state index contributed by atoms with van der Waals surface area (Å²) < 4.78 is 1.40. The van der Waals surface area contributed by atoms with E-state index >= 15 is 0 Å². The molecule has 0 N–H and O–H groups in total. The molecule has 16 heavy (non-hydrogen) atoms. The third-order valence-electron chi connectivity index (χ3n) is 2.22. The average molecular weight is 415 g/mol. The second kappa shape index (κ2) is 6.21. The van der Waals surface area contributed by atoms with Gasteiger partial charge >= 0.3 is 111 Å². The molecule has 0 aromatic heterocycles. The molecule has 0 fully saturated rings. The Morgan fingerprint density at radius 1 is 0.875 bits per heavy atom. The summed E-state index contributed by atoms with van der Waals surface area (Å²) in [6.45, 7) is 0. The van der Waals surface area contributed by atoms with Gasteiger partial charge in [0.15, 0.2) is 0 Å². The van der Waals surface area contributed by atoms with Gasteiger partial charge in [0.25, 0.3) is 0 Å². The van der Waals surface area contributed by atoms with Crippen LogP contribution in [0.5, 0.6) is 0 Å². The third kappa shape index (κ3) is 3.46. The van der Waals surface area contributed by atoms with Gasteiger partial charge in [-0.2, -0.15) is 0 Å². The standard InChI is InChI=1S/C7H6OS.C6H5.Hg/c8-7(9)6-4-2-1-3-5-6;1-2-4-6-5-3-1;/h1-5H,(H,8,9);1-5H;/q;;+1/p-1. The van der Waals surface area contributed by atoms with Gasteiger partial charge < -0.3 is 0 Å². The van der Waals surface area contributed by atoms with Crippen LogP contribution in [0.15, 0.2) is 60.7 Å². The van der Waals surface area contributed by atoms with Gasteiger partial charge in [0.05, 0.1) is 0 Å². The minimum atomic E-state index is -1.30. The minimum absolute atomic E-state index is 0.228. The van der Waals surface area contributed by atoms with Crippen LogP contribution in [0.1, 0.15) is 10.4 Å². The van der Waals surface area contributed by atoms with Gasteiger partial charge in [-0.25, -0.2) is 0 Å². The zero-order valence-corrected chi connectivity index (χ0v) is 15.1. The van der Waals surface area contributed by atoms with Crippen molar-refractivity contribution in [2.45, 2.75) is 0 Å². The van der Waals surface area contributed by atoms with Crippen LogP contribution in [-0.2, 0) is 23.1 Å². The Morgan fingerprint density at radius 2 is 1.44 bits per heavy atom. The topological polar surface area (TPSA) is 17.1 Å². The molecule has 0 radical (unpaired) electrons. The molecule has 0 spiro atoms. The molecule has 0 bridgehead atoms. The number of hydrogen-bond acceptors (Lipinski definition) is 2. The Kier molecular flexibility index (Phi) is 4.61. The zero-order chi connectivity index (χ0) is 11.2. The van der Waals surface area contributed by atoms with Crippen LogP contribution in [0.4, 0.5) is 0 Å². The van der Waals surface area contributed by atoms with Crippen molar-refractivity contribution in [1.82, 2.24) is 0 Å². The Hall–Kier alpha value is -0.605. The Bertz CT molecular complexity index is 456. The molecular weight excluding hydrogens is 405 g/mol. The molecule has 2 rings (SSSR count). The molecule has 0 saturated carbocycles. The summed E-state index contributed by atoms with van der Waals surface area (Å²) in [5.74, 6) is 0. The van der Waals surface area contributed by atoms with Crippen LogP contribution in [0.25, 0.3) is 0 Å². The zero-order valence-electron chi connectivity index (χ0n) is 8.80. The summed E-state index contributed by atoms with van der Waals surface area (Å²) in [7, 11) is 1.57. The molecule has 0 heterocycles. The van der Waals surface area contributed by atoms with E-state index in [2.05, 4.69) is 12.1 Å². The second-order valence-electron chi connectivity index (χ2n) is 3.43. The molecule has 2 aromatic carbocycles. The Morgan fingerprint density at radius 3 is 2.06 bits per heavy atom. The maximum atomic E-state index is 11.8. The predicted molar refractivity (Wildman–Crippen MR) is 64.4 cm³/mol. The summed E-state index contributed by atoms with van der Waals surface area (Å²) in [4.78, 5) is 11.8. The van der Waals surface area contributed by atoms with Crippen LogP contribution >= 0.6 is 8.24 Å². The molecule has 0 unspecified atom stereocenters. The number of carbonyl (C=O) groups excluding carboxylic acids is 1. The van der Waals surface area contributed by atoms with E-state index in [0.29, 0.717) is 0 Å². The number of hydrogen-bond donors (Lipinski definition) is 0. The van der Waals surface area contributed by atoms with Gasteiger partial charge in [0.1, 0.15) is 0 Å². The summed E-state index contributed by atoms with van der Waals surface area (Å²) in [6.07, 6.45) is 0. The summed E-state index contributed by atoms with van der Waals surface area (Å²) in [6, 6.07) is 19.9. The van der Waals surface area contributed by atoms with Crippen molar-refractivity contribution < 1.29 is 27.9 Å². The summed E-state index contributed by atoms with van der Waals surface area (Å²) in [5, 5.41) is 0.228. The molecule has 1 nitrogen and oxygen atoms in total. The quantitative estimate of drug-likeness (QED) is 0.718. The molecule has 0 saturated heterocycles. The van der Waals surface area contributed by atoms with Gasteiger partial charge in [-0.1, -0.05) is 0 Å². The fraction of sp³-hybridized carbons (Fsp3) is 0. The summed E-state index contributed by atoms with van der Waals surface area (Å²) in [5.41, 5.74) is 0.823. The predicted octanol–water partition coefficient (Wildman–Crippen LogP) is 2.88. The third-order valence-corrected chi connectivity index (χ3v) is 13.7. The van der Waals surface area contributed by atoms with Crippen LogP contribution in [0.2, 0.25) is 0 Å². The van der Waals surface area contributed by atoms with Crippen molar-refractivity contribution in [1.29, 1.82) is 0 Å². The van der Waals surface area contributed by atoms with E-state index in [-0.39, 0.29) is 5.12 Å². The van der Waals surface area contributed by atoms with Crippen molar-refractivity contribution in [3.8, 4) is 0 Å². The number of rotatable bonds is 3. The number of benzene rings is 2. The van der Waals surface area contributed by atoms with Gasteiger partial charge in [-0.3, -0.25) is 0 Å². The fourth-order valence-electron chi connectivity index (χ4n) is 1.38. The first kappa shape index (κ1) is 11.9. The average Bonchev–Trinajstić information content (AvgIpc) is 2.38. The summed E-state index contributed by atoms with van der Waals surface area (Å²) >= 11 is -1.30. The molecule has 0 atom stereocenters. The van der Waals surface area contributed by atoms with Crippen LogP contribution in [0.3, 0.4) is 0 Å². The fourth-order valence-corrected chi connectivity index (χ4v) is 10.9. The van der Waals surface area contributed by atoms with Gasteiger partial charge in [0.2, 0.25) is 0 Å². The molecule has 0 aliphatic heterocycles. The SMILES string of the molecule is O=C([S][Hg][c]1ccccc1)c1ccccc1. The molecule has 0 amide bonds. The van der Waals surface area contributed by atoms with E-state index in [0.717, 1.165) is 5.56 Å². The molecule has 0 aliphatic rings. The van der Waals surface area contributed by atoms with Crippen molar-refractivity contribution in [3.05, 3.63) is 66.2 Å². The van der Waals surface area contributed by atoms with Crippen LogP contribution in [0, 0.1) is 0 Å². The van der Waals surface area contributed by atoms with Crippen LogP contribution in [-0.4, -0.2) is 5.12 Å². The van der Waals surface area contributed by atoms with E-state index < -0.39 is 23.1 Å². The molecule has 3 heteroatoms. The molecule has 76 valence electrons. The number of carbonyl (C=O) groups is 1. The first-order valence-corrected chi connectivity index (χ1v) is 15.6.